The number of rotatable bonds is 7. The molecule has 2 spiro atoms. The summed E-state index contributed by atoms with van der Waals surface area (Å²) in [6, 6.07) is 0. The molecule has 7 nitrogen and oxygen atoms in total. The molecule has 7 heteroatoms. The minimum absolute atomic E-state index is 0.00739. The molecule has 5 rings (SSSR count). The summed E-state index contributed by atoms with van der Waals surface area (Å²) in [5.41, 5.74) is -0.436. The molecule has 0 radical (unpaired) electrons. The van der Waals surface area contributed by atoms with Gasteiger partial charge >= 0.3 is 11.9 Å². The van der Waals surface area contributed by atoms with E-state index in [9.17, 15) is 24.3 Å². The summed E-state index contributed by atoms with van der Waals surface area (Å²) in [6.07, 6.45) is 5.78. The summed E-state index contributed by atoms with van der Waals surface area (Å²) in [4.78, 5) is 51.0. The molecule has 0 aromatic rings. The van der Waals surface area contributed by atoms with Gasteiger partial charge in [-0.05, 0) is 71.8 Å². The molecule has 41 heavy (non-hydrogen) atoms. The lowest BCUT2D eigenvalue weighted by Gasteiger charge is -2.61. The van der Waals surface area contributed by atoms with Crippen LogP contribution in [0.1, 0.15) is 87.5 Å². The van der Waals surface area contributed by atoms with Gasteiger partial charge in [-0.3, -0.25) is 19.2 Å². The normalized spacial score (nSPS) is 45.5. The summed E-state index contributed by atoms with van der Waals surface area (Å²) in [5.74, 6) is -1.96. The van der Waals surface area contributed by atoms with Crippen LogP contribution < -0.4 is 0 Å². The predicted octanol–water partition coefficient (Wildman–Crippen LogP) is 5.24. The molecule has 5 aliphatic carbocycles. The SMILES string of the molecule is C=C(C(=O)C(OC(C)=O)C(C)C1C(OC(C)=O)CC2(C)C3CC(O)C4C(C)C(=O)C=CC45CC35CCC12C)C(C)C. The Hall–Kier alpha value is -2.28. The second kappa shape index (κ2) is 9.62. The van der Waals surface area contributed by atoms with Crippen molar-refractivity contribution in [1.82, 2.24) is 0 Å². The van der Waals surface area contributed by atoms with Crippen LogP contribution in [0.2, 0.25) is 0 Å². The van der Waals surface area contributed by atoms with Crippen LogP contribution in [0.4, 0.5) is 0 Å². The van der Waals surface area contributed by atoms with Crippen molar-refractivity contribution >= 4 is 23.5 Å². The second-order valence-corrected chi connectivity index (χ2v) is 14.9. The molecule has 0 aromatic heterocycles. The van der Waals surface area contributed by atoms with Gasteiger partial charge in [0.15, 0.2) is 17.7 Å². The minimum Gasteiger partial charge on any atom is -0.462 e. The fourth-order valence-electron chi connectivity index (χ4n) is 10.9. The van der Waals surface area contributed by atoms with Crippen molar-refractivity contribution in [2.45, 2.75) is 106 Å². The van der Waals surface area contributed by atoms with E-state index in [1.165, 1.54) is 13.8 Å². The molecule has 12 unspecified atom stereocenters. The number of Topliss-reactive ketones (excluding diaryl/α,β-unsaturated/α-hetero) is 1. The smallest absolute Gasteiger partial charge is 0.303 e. The molecule has 0 bridgehead atoms. The third-order valence-electron chi connectivity index (χ3n) is 12.9. The topological polar surface area (TPSA) is 107 Å². The van der Waals surface area contributed by atoms with Crippen molar-refractivity contribution in [2.24, 2.45) is 57.2 Å². The molecule has 0 heterocycles. The molecular formula is C34H48O7. The number of hydrogen-bond donors (Lipinski definition) is 1. The van der Waals surface area contributed by atoms with Crippen LogP contribution in [0.3, 0.4) is 0 Å². The van der Waals surface area contributed by atoms with Gasteiger partial charge in [0.1, 0.15) is 6.10 Å². The average Bonchev–Trinajstić information content (AvgIpc) is 3.46. The van der Waals surface area contributed by atoms with Crippen LogP contribution in [-0.2, 0) is 28.7 Å². The standard InChI is InChI=1S/C34H48O7/c1-17(2)18(3)29(39)30(41-22(7)36)20(5)28-25(40-21(6)35)15-32(9)26-14-24(38)27-19(4)23(37)10-11-34(27)16-33(26,34)13-12-31(28,32)8/h10-11,17,19-20,24-28,30,38H,3,12-16H2,1-2,4-9H3. The predicted molar refractivity (Wildman–Crippen MR) is 153 cm³/mol. The number of ether oxygens (including phenoxy) is 2. The minimum atomic E-state index is -1.03. The first-order chi connectivity index (χ1) is 19.0. The summed E-state index contributed by atoms with van der Waals surface area (Å²) < 4.78 is 11.8. The van der Waals surface area contributed by atoms with Crippen LogP contribution in [0.5, 0.6) is 0 Å². The number of carbonyl (C=O) groups excluding carboxylic acids is 4. The lowest BCUT2D eigenvalue weighted by atomic mass is 9.43. The van der Waals surface area contributed by atoms with Crippen molar-refractivity contribution < 1.29 is 33.8 Å². The highest BCUT2D eigenvalue weighted by Crippen LogP contribution is 2.87. The van der Waals surface area contributed by atoms with Crippen LogP contribution in [0, 0.1) is 57.2 Å². The monoisotopic (exact) mass is 568 g/mol. The first-order valence-corrected chi connectivity index (χ1v) is 15.5. The first-order valence-electron chi connectivity index (χ1n) is 15.5. The lowest BCUT2D eigenvalue weighted by molar-refractivity contribution is -0.170. The van der Waals surface area contributed by atoms with Crippen molar-refractivity contribution in [1.29, 1.82) is 0 Å². The first kappa shape index (κ1) is 30.2. The van der Waals surface area contributed by atoms with E-state index in [1.54, 1.807) is 6.08 Å². The fourth-order valence-corrected chi connectivity index (χ4v) is 10.9. The highest BCUT2D eigenvalue weighted by atomic mass is 16.6. The van der Waals surface area contributed by atoms with Crippen molar-refractivity contribution in [2.75, 3.05) is 0 Å². The lowest BCUT2D eigenvalue weighted by Crippen LogP contribution is -2.58. The van der Waals surface area contributed by atoms with Gasteiger partial charge in [-0.15, -0.1) is 0 Å². The Morgan fingerprint density at radius 3 is 2.32 bits per heavy atom. The quantitative estimate of drug-likeness (QED) is 0.331. The molecule has 0 saturated heterocycles. The van der Waals surface area contributed by atoms with E-state index < -0.39 is 30.2 Å². The maximum atomic E-state index is 13.7. The van der Waals surface area contributed by atoms with E-state index in [0.29, 0.717) is 18.4 Å². The Balaban J connectivity index is 1.57. The number of hydrogen-bond acceptors (Lipinski definition) is 7. The average molecular weight is 569 g/mol. The molecule has 0 aromatic carbocycles. The van der Waals surface area contributed by atoms with Gasteiger partial charge in [-0.2, -0.15) is 0 Å². The van der Waals surface area contributed by atoms with Gasteiger partial charge in [-0.25, -0.2) is 0 Å². The number of allylic oxidation sites excluding steroid dienone is 2. The number of fused-ring (bicyclic) bond motifs is 2. The molecule has 0 aliphatic heterocycles. The largest absolute Gasteiger partial charge is 0.462 e. The van der Waals surface area contributed by atoms with Crippen molar-refractivity contribution in [3.63, 3.8) is 0 Å². The second-order valence-electron chi connectivity index (χ2n) is 14.9. The van der Waals surface area contributed by atoms with Gasteiger partial charge in [0, 0.05) is 42.9 Å². The molecule has 0 amide bonds. The Labute approximate surface area is 244 Å². The Bertz CT molecular complexity index is 1220. The third kappa shape index (κ3) is 4.00. The number of aliphatic hydroxyl groups is 1. The molecular weight excluding hydrogens is 520 g/mol. The van der Waals surface area contributed by atoms with Crippen molar-refractivity contribution in [3.8, 4) is 0 Å². The number of aliphatic hydroxyl groups excluding tert-OH is 1. The molecule has 12 atom stereocenters. The Morgan fingerprint density at radius 1 is 1.07 bits per heavy atom. The van der Waals surface area contributed by atoms with Gasteiger partial charge in [0.2, 0.25) is 0 Å². The third-order valence-corrected chi connectivity index (χ3v) is 12.9. The van der Waals surface area contributed by atoms with Crippen LogP contribution in [0.15, 0.2) is 24.3 Å². The summed E-state index contributed by atoms with van der Waals surface area (Å²) in [7, 11) is 0. The van der Waals surface area contributed by atoms with Gasteiger partial charge in [0.05, 0.1) is 6.10 Å². The molecule has 4 fully saturated rings. The van der Waals surface area contributed by atoms with E-state index in [1.807, 2.05) is 27.7 Å². The number of carbonyl (C=O) groups is 4. The molecule has 226 valence electrons. The van der Waals surface area contributed by atoms with Crippen LogP contribution >= 0.6 is 0 Å². The maximum Gasteiger partial charge on any atom is 0.303 e. The highest BCUT2D eigenvalue weighted by Gasteiger charge is 2.83. The van der Waals surface area contributed by atoms with Gasteiger partial charge in [0.25, 0.3) is 0 Å². The fraction of sp³-hybridized carbons (Fsp3) is 0.765. The number of ketones is 2. The van der Waals surface area contributed by atoms with E-state index >= 15 is 0 Å². The molecule has 4 saturated carbocycles. The van der Waals surface area contributed by atoms with E-state index in [2.05, 4.69) is 26.5 Å². The van der Waals surface area contributed by atoms with Crippen LogP contribution in [0.25, 0.3) is 0 Å². The van der Waals surface area contributed by atoms with E-state index in [-0.39, 0.29) is 68.8 Å². The Morgan fingerprint density at radius 2 is 1.73 bits per heavy atom. The summed E-state index contributed by atoms with van der Waals surface area (Å²) in [6.45, 7) is 19.0. The maximum absolute atomic E-state index is 13.7. The van der Waals surface area contributed by atoms with E-state index in [4.69, 9.17) is 9.47 Å². The van der Waals surface area contributed by atoms with Gasteiger partial charge < -0.3 is 14.6 Å². The zero-order chi connectivity index (χ0) is 30.4. The zero-order valence-electron chi connectivity index (χ0n) is 26.0. The highest BCUT2D eigenvalue weighted by molar-refractivity contribution is 5.99. The number of esters is 2. The van der Waals surface area contributed by atoms with Gasteiger partial charge in [-0.1, -0.05) is 54.2 Å². The zero-order valence-corrected chi connectivity index (χ0v) is 26.0. The Kier molecular flexibility index (Phi) is 7.08. The molecule has 1 N–H and O–H groups in total. The summed E-state index contributed by atoms with van der Waals surface area (Å²) in [5, 5.41) is 11.6. The van der Waals surface area contributed by atoms with E-state index in [0.717, 1.165) is 19.3 Å². The van der Waals surface area contributed by atoms with Crippen LogP contribution in [-0.4, -0.2) is 46.9 Å². The van der Waals surface area contributed by atoms with Crippen molar-refractivity contribution in [3.05, 3.63) is 24.3 Å². The molecule has 5 aliphatic rings. The summed E-state index contributed by atoms with van der Waals surface area (Å²) >= 11 is 0.